The molecule has 15 nitrogen and oxygen atoms in total. The number of esters is 6. The molecule has 0 spiro atoms. The first kappa shape index (κ1) is 32.2. The highest BCUT2D eigenvalue weighted by Gasteiger charge is 2.67. The van der Waals surface area contributed by atoms with Crippen LogP contribution < -0.4 is 5.32 Å². The summed E-state index contributed by atoms with van der Waals surface area (Å²) in [6, 6.07) is -1.75. The maximum atomic E-state index is 16.0. The third-order valence-electron chi connectivity index (χ3n) is 4.87. The lowest BCUT2D eigenvalue weighted by atomic mass is 9.86. The van der Waals surface area contributed by atoms with Gasteiger partial charge in [-0.05, 0) is 0 Å². The van der Waals surface area contributed by atoms with Crippen molar-refractivity contribution in [3.8, 4) is 0 Å². The Hall–Kier alpha value is -3.82. The standard InChI is InChI=1S/C22H30FNO14/c1-9(25)24-16-18(17(35-12(4)28)15(34-11(3)27)8-33-10(2)26)38-22(21(31)32-7,37-14(6)30)20(23)19(16)36-13(5)29/h15-20H,8H2,1-7H3,(H,24,25)/t15?,16-,17+,18-,19-,20+,22-/m0/s1. The first-order valence-electron chi connectivity index (χ1n) is 11.1. The number of nitrogens with one attached hydrogen (secondary N) is 1. The topological polar surface area (TPSA) is 196 Å². The van der Waals surface area contributed by atoms with Crippen molar-refractivity contribution in [1.82, 2.24) is 5.32 Å². The molecule has 38 heavy (non-hydrogen) atoms. The molecule has 1 N–H and O–H groups in total. The molecule has 1 aliphatic heterocycles. The third kappa shape index (κ3) is 8.36. The van der Waals surface area contributed by atoms with E-state index >= 15 is 4.39 Å². The molecule has 1 aliphatic rings. The van der Waals surface area contributed by atoms with Gasteiger partial charge in [-0.2, -0.15) is 0 Å². The Morgan fingerprint density at radius 2 is 1.45 bits per heavy atom. The average Bonchev–Trinajstić information content (AvgIpc) is 2.77. The zero-order valence-electron chi connectivity index (χ0n) is 21.8. The molecule has 1 fully saturated rings. The fourth-order valence-corrected chi connectivity index (χ4v) is 3.71. The maximum Gasteiger partial charge on any atom is 0.383 e. The van der Waals surface area contributed by atoms with Crippen molar-refractivity contribution in [2.45, 2.75) is 84.0 Å². The Labute approximate surface area is 216 Å². The lowest BCUT2D eigenvalue weighted by molar-refractivity contribution is -0.326. The SMILES string of the molecule is COC(=O)[C@@]1(OC(C)=O)O[C@H]([C@H](OC(C)=O)C(COC(C)=O)OC(C)=O)[C@H](NC(C)=O)[C@H](OC(C)=O)[C@H]1F. The quantitative estimate of drug-likeness (QED) is 0.257. The summed E-state index contributed by atoms with van der Waals surface area (Å²) in [5, 5.41) is 2.28. The van der Waals surface area contributed by atoms with E-state index in [2.05, 4.69) is 10.1 Å². The van der Waals surface area contributed by atoms with Crippen LogP contribution in [0.1, 0.15) is 41.5 Å². The number of hydrogen-bond donors (Lipinski definition) is 1. The molecule has 1 saturated heterocycles. The van der Waals surface area contributed by atoms with E-state index in [0.29, 0.717) is 0 Å². The van der Waals surface area contributed by atoms with E-state index in [0.717, 1.165) is 48.7 Å². The molecule has 1 unspecified atom stereocenters. The Balaban J connectivity index is 3.93. The van der Waals surface area contributed by atoms with Crippen LogP contribution in [0.4, 0.5) is 4.39 Å². The lowest BCUT2D eigenvalue weighted by Gasteiger charge is -2.49. The summed E-state index contributed by atoms with van der Waals surface area (Å²) in [4.78, 5) is 84.0. The Kier molecular flexibility index (Phi) is 11.6. The minimum absolute atomic E-state index is 0.740. The van der Waals surface area contributed by atoms with E-state index in [1.165, 1.54) is 0 Å². The second-order valence-electron chi connectivity index (χ2n) is 8.06. The van der Waals surface area contributed by atoms with E-state index in [1.807, 2.05) is 0 Å². The summed E-state index contributed by atoms with van der Waals surface area (Å²) in [6.07, 6.45) is -10.4. The van der Waals surface area contributed by atoms with Gasteiger partial charge in [0.05, 0.1) is 13.2 Å². The number of ether oxygens (including phenoxy) is 7. The van der Waals surface area contributed by atoms with Crippen molar-refractivity contribution in [2.75, 3.05) is 13.7 Å². The van der Waals surface area contributed by atoms with E-state index in [-0.39, 0.29) is 0 Å². The molecule has 1 rings (SSSR count). The van der Waals surface area contributed by atoms with Crippen molar-refractivity contribution < 1.29 is 71.1 Å². The molecule has 0 aromatic heterocycles. The van der Waals surface area contributed by atoms with Crippen LogP contribution in [0.3, 0.4) is 0 Å². The predicted molar refractivity (Wildman–Crippen MR) is 117 cm³/mol. The second-order valence-corrected chi connectivity index (χ2v) is 8.06. The fourth-order valence-electron chi connectivity index (χ4n) is 3.71. The maximum absolute atomic E-state index is 16.0. The van der Waals surface area contributed by atoms with Crippen molar-refractivity contribution in [2.24, 2.45) is 0 Å². The number of carbonyl (C=O) groups is 7. The van der Waals surface area contributed by atoms with Gasteiger partial charge >= 0.3 is 41.6 Å². The van der Waals surface area contributed by atoms with Gasteiger partial charge in [-0.15, -0.1) is 0 Å². The second kappa shape index (κ2) is 13.6. The number of methoxy groups -OCH3 is 1. The molecule has 0 aliphatic carbocycles. The summed E-state index contributed by atoms with van der Waals surface area (Å²) < 4.78 is 51.4. The van der Waals surface area contributed by atoms with Crippen LogP contribution in [0.5, 0.6) is 0 Å². The van der Waals surface area contributed by atoms with Crippen LogP contribution in [-0.4, -0.2) is 97.9 Å². The summed E-state index contributed by atoms with van der Waals surface area (Å²) >= 11 is 0. The van der Waals surface area contributed by atoms with Gasteiger partial charge in [-0.1, -0.05) is 0 Å². The Morgan fingerprint density at radius 1 is 0.868 bits per heavy atom. The molecule has 7 atom stereocenters. The largest absolute Gasteiger partial charge is 0.464 e. The highest BCUT2D eigenvalue weighted by Crippen LogP contribution is 2.39. The minimum Gasteiger partial charge on any atom is -0.464 e. The molecule has 16 heteroatoms. The fraction of sp³-hybridized carbons (Fsp3) is 0.682. The van der Waals surface area contributed by atoms with Crippen molar-refractivity contribution in [1.29, 1.82) is 0 Å². The van der Waals surface area contributed by atoms with Crippen LogP contribution in [0.15, 0.2) is 0 Å². The monoisotopic (exact) mass is 551 g/mol. The molecule has 0 bridgehead atoms. The molecule has 214 valence electrons. The Bertz CT molecular complexity index is 954. The molecular weight excluding hydrogens is 521 g/mol. The van der Waals surface area contributed by atoms with Crippen LogP contribution in [0, 0.1) is 0 Å². The van der Waals surface area contributed by atoms with Crippen molar-refractivity contribution >= 4 is 41.7 Å². The first-order chi connectivity index (χ1) is 17.5. The van der Waals surface area contributed by atoms with E-state index in [9.17, 15) is 33.6 Å². The summed E-state index contributed by atoms with van der Waals surface area (Å²) in [7, 11) is 0.811. The predicted octanol–water partition coefficient (Wildman–Crippen LogP) is -0.981. The molecule has 1 amide bonds. The molecule has 0 aromatic rings. The zero-order valence-corrected chi connectivity index (χ0v) is 21.8. The lowest BCUT2D eigenvalue weighted by Crippen LogP contribution is -2.74. The molecule has 0 aromatic carbocycles. The van der Waals surface area contributed by atoms with E-state index < -0.39 is 90.7 Å². The molecule has 0 radical (unpaired) electrons. The molecule has 1 heterocycles. The minimum atomic E-state index is -3.25. The summed E-state index contributed by atoms with van der Waals surface area (Å²) in [6.45, 7) is 4.89. The number of amides is 1. The normalized spacial score (nSPS) is 26.0. The van der Waals surface area contributed by atoms with Gasteiger partial charge in [0.1, 0.15) is 12.7 Å². The van der Waals surface area contributed by atoms with Gasteiger partial charge < -0.3 is 38.5 Å². The van der Waals surface area contributed by atoms with Gasteiger partial charge in [0, 0.05) is 41.5 Å². The smallest absolute Gasteiger partial charge is 0.383 e. The average molecular weight is 551 g/mol. The van der Waals surface area contributed by atoms with Crippen molar-refractivity contribution in [3.05, 3.63) is 0 Å². The van der Waals surface area contributed by atoms with Crippen LogP contribution in [-0.2, 0) is 66.7 Å². The number of alkyl halides is 1. The van der Waals surface area contributed by atoms with Gasteiger partial charge in [-0.25, -0.2) is 9.18 Å². The molecule has 0 saturated carbocycles. The summed E-state index contributed by atoms with van der Waals surface area (Å²) in [5.41, 5.74) is 0. The van der Waals surface area contributed by atoms with Crippen molar-refractivity contribution in [3.63, 3.8) is 0 Å². The number of rotatable bonds is 10. The van der Waals surface area contributed by atoms with Gasteiger partial charge in [0.15, 0.2) is 18.3 Å². The van der Waals surface area contributed by atoms with Crippen LogP contribution in [0.25, 0.3) is 0 Å². The van der Waals surface area contributed by atoms with Gasteiger partial charge in [0.25, 0.3) is 0 Å². The zero-order chi connectivity index (χ0) is 29.4. The highest BCUT2D eigenvalue weighted by atomic mass is 19.1. The first-order valence-corrected chi connectivity index (χ1v) is 11.1. The van der Waals surface area contributed by atoms with Crippen LogP contribution >= 0.6 is 0 Å². The number of halogens is 1. The highest BCUT2D eigenvalue weighted by molar-refractivity contribution is 5.83. The number of hydrogen-bond acceptors (Lipinski definition) is 14. The van der Waals surface area contributed by atoms with E-state index in [4.69, 9.17) is 28.4 Å². The summed E-state index contributed by atoms with van der Waals surface area (Å²) in [5.74, 6) is -10.8. The van der Waals surface area contributed by atoms with E-state index in [1.54, 1.807) is 0 Å². The third-order valence-corrected chi connectivity index (χ3v) is 4.87. The molecular formula is C22H30FNO14. The Morgan fingerprint density at radius 3 is 1.87 bits per heavy atom. The number of carbonyl (C=O) groups excluding carboxylic acids is 7. The van der Waals surface area contributed by atoms with Gasteiger partial charge in [0.2, 0.25) is 12.1 Å². The van der Waals surface area contributed by atoms with Gasteiger partial charge in [-0.3, -0.25) is 28.8 Å². The van der Waals surface area contributed by atoms with Crippen LogP contribution in [0.2, 0.25) is 0 Å².